The van der Waals surface area contributed by atoms with Crippen LogP contribution in [0.1, 0.15) is 26.2 Å². The molecule has 1 heterocycles. The maximum absolute atomic E-state index is 5.89. The first kappa shape index (κ1) is 19.9. The molecule has 1 fully saturated rings. The van der Waals surface area contributed by atoms with Gasteiger partial charge >= 0.3 is 0 Å². The third kappa shape index (κ3) is 7.53. The van der Waals surface area contributed by atoms with Crippen LogP contribution in [0.15, 0.2) is 29.3 Å². The van der Waals surface area contributed by atoms with Gasteiger partial charge in [-0.3, -0.25) is 4.99 Å². The highest BCUT2D eigenvalue weighted by molar-refractivity contribution is 6.30. The van der Waals surface area contributed by atoms with Crippen molar-refractivity contribution in [3.05, 3.63) is 29.3 Å². The van der Waals surface area contributed by atoms with Gasteiger partial charge in [0.25, 0.3) is 0 Å². The second-order valence-electron chi connectivity index (χ2n) is 6.80. The van der Waals surface area contributed by atoms with Gasteiger partial charge in [-0.25, -0.2) is 0 Å². The predicted octanol–water partition coefficient (Wildman–Crippen LogP) is 3.00. The molecule has 1 saturated heterocycles. The number of ether oxygens (including phenoxy) is 1. The van der Waals surface area contributed by atoms with E-state index in [1.54, 1.807) is 7.05 Å². The van der Waals surface area contributed by atoms with Crippen LogP contribution in [0.2, 0.25) is 5.02 Å². The van der Waals surface area contributed by atoms with E-state index in [0.29, 0.717) is 11.6 Å². The van der Waals surface area contributed by atoms with Gasteiger partial charge in [-0.05, 0) is 76.5 Å². The first-order chi connectivity index (χ1) is 12.1. The van der Waals surface area contributed by atoms with Crippen molar-refractivity contribution in [2.75, 3.05) is 40.3 Å². The number of benzene rings is 1. The van der Waals surface area contributed by atoms with Gasteiger partial charge < -0.3 is 20.3 Å². The maximum atomic E-state index is 5.89. The highest BCUT2D eigenvalue weighted by Crippen LogP contribution is 2.18. The Morgan fingerprint density at radius 3 is 2.60 bits per heavy atom. The number of hydrogen-bond donors (Lipinski definition) is 2. The molecule has 0 aromatic heterocycles. The Kier molecular flexibility index (Phi) is 8.35. The lowest BCUT2D eigenvalue weighted by Crippen LogP contribution is -2.42. The fourth-order valence-electron chi connectivity index (χ4n) is 2.99. The molecule has 1 aliphatic rings. The van der Waals surface area contributed by atoms with E-state index in [4.69, 9.17) is 16.3 Å². The molecular weight excluding hydrogens is 336 g/mol. The quantitative estimate of drug-likeness (QED) is 0.575. The van der Waals surface area contributed by atoms with Gasteiger partial charge in [-0.1, -0.05) is 11.6 Å². The zero-order chi connectivity index (χ0) is 18.1. The van der Waals surface area contributed by atoms with Crippen molar-refractivity contribution in [3.8, 4) is 5.75 Å². The molecule has 1 unspecified atom stereocenters. The van der Waals surface area contributed by atoms with Crippen molar-refractivity contribution < 1.29 is 4.74 Å². The number of likely N-dealkylation sites (tertiary alicyclic amines) is 1. The molecule has 1 aliphatic heterocycles. The van der Waals surface area contributed by atoms with Crippen LogP contribution in [-0.4, -0.2) is 57.2 Å². The van der Waals surface area contributed by atoms with Crippen LogP contribution in [-0.2, 0) is 0 Å². The molecule has 0 radical (unpaired) electrons. The summed E-state index contributed by atoms with van der Waals surface area (Å²) in [5.74, 6) is 2.48. The summed E-state index contributed by atoms with van der Waals surface area (Å²) in [7, 11) is 4.00. The molecule has 0 aliphatic carbocycles. The van der Waals surface area contributed by atoms with Crippen LogP contribution in [0, 0.1) is 5.92 Å². The monoisotopic (exact) mass is 366 g/mol. The Balaban J connectivity index is 1.63. The zero-order valence-electron chi connectivity index (χ0n) is 15.6. The number of rotatable bonds is 7. The van der Waals surface area contributed by atoms with Crippen molar-refractivity contribution in [1.29, 1.82) is 0 Å². The van der Waals surface area contributed by atoms with E-state index in [0.717, 1.165) is 24.2 Å². The van der Waals surface area contributed by atoms with E-state index in [1.807, 2.05) is 31.2 Å². The highest BCUT2D eigenvalue weighted by Gasteiger charge is 2.16. The largest absolute Gasteiger partial charge is 0.489 e. The Bertz CT molecular complexity index is 527. The fourth-order valence-corrected chi connectivity index (χ4v) is 3.12. The number of nitrogens with one attached hydrogen (secondary N) is 2. The third-order valence-corrected chi connectivity index (χ3v) is 4.87. The highest BCUT2D eigenvalue weighted by atomic mass is 35.5. The van der Waals surface area contributed by atoms with E-state index in [1.165, 1.54) is 32.4 Å². The zero-order valence-corrected chi connectivity index (χ0v) is 16.4. The summed E-state index contributed by atoms with van der Waals surface area (Å²) in [6.07, 6.45) is 3.84. The Hall–Kier alpha value is -1.46. The summed E-state index contributed by atoms with van der Waals surface area (Å²) >= 11 is 5.89. The lowest BCUT2D eigenvalue weighted by molar-refractivity contribution is 0.212. The Morgan fingerprint density at radius 1 is 1.28 bits per heavy atom. The van der Waals surface area contributed by atoms with Crippen molar-refractivity contribution in [2.45, 2.75) is 32.3 Å². The van der Waals surface area contributed by atoms with Gasteiger partial charge in [0.1, 0.15) is 11.9 Å². The molecule has 0 amide bonds. The number of guanidine groups is 1. The number of aliphatic imine (C=N–C) groups is 1. The van der Waals surface area contributed by atoms with E-state index >= 15 is 0 Å². The molecule has 25 heavy (non-hydrogen) atoms. The molecule has 0 spiro atoms. The van der Waals surface area contributed by atoms with Gasteiger partial charge in [0.15, 0.2) is 5.96 Å². The van der Waals surface area contributed by atoms with E-state index in [-0.39, 0.29) is 6.10 Å². The number of halogens is 1. The van der Waals surface area contributed by atoms with Crippen LogP contribution in [0.25, 0.3) is 0 Å². The molecule has 2 rings (SSSR count). The van der Waals surface area contributed by atoms with Crippen molar-refractivity contribution >= 4 is 17.6 Å². The normalized spacial score (nSPS) is 18.0. The van der Waals surface area contributed by atoms with E-state index < -0.39 is 0 Å². The second-order valence-corrected chi connectivity index (χ2v) is 7.23. The van der Waals surface area contributed by atoms with Crippen LogP contribution >= 0.6 is 11.6 Å². The van der Waals surface area contributed by atoms with Gasteiger partial charge in [0.05, 0.1) is 6.54 Å². The summed E-state index contributed by atoms with van der Waals surface area (Å²) < 4.78 is 5.87. The minimum absolute atomic E-state index is 0.0357. The molecule has 6 heteroatoms. The standard InChI is InChI=1S/C19H31ClN4O/c1-15(25-18-6-4-17(20)5-7-18)14-23-19(21-2)22-11-8-16-9-12-24(3)13-10-16/h4-7,15-16H,8-14H2,1-3H3,(H2,21,22,23). The number of nitrogens with zero attached hydrogens (tertiary/aromatic N) is 2. The molecule has 1 aromatic carbocycles. The summed E-state index contributed by atoms with van der Waals surface area (Å²) in [6.45, 7) is 6.12. The smallest absolute Gasteiger partial charge is 0.191 e. The van der Waals surface area contributed by atoms with Crippen LogP contribution in [0.5, 0.6) is 5.75 Å². The summed E-state index contributed by atoms with van der Waals surface area (Å²) in [6, 6.07) is 7.43. The molecule has 5 nitrogen and oxygen atoms in total. The minimum atomic E-state index is 0.0357. The fraction of sp³-hybridized carbons (Fsp3) is 0.632. The van der Waals surface area contributed by atoms with E-state index in [2.05, 4.69) is 27.6 Å². The molecule has 1 aromatic rings. The number of hydrogen-bond acceptors (Lipinski definition) is 3. The van der Waals surface area contributed by atoms with Crippen molar-refractivity contribution in [1.82, 2.24) is 15.5 Å². The SMILES string of the molecule is CN=C(NCCC1CCN(C)CC1)NCC(C)Oc1ccc(Cl)cc1. The molecule has 0 saturated carbocycles. The average Bonchev–Trinajstić information content (AvgIpc) is 2.61. The number of piperidine rings is 1. The van der Waals surface area contributed by atoms with Gasteiger partial charge in [0, 0.05) is 18.6 Å². The molecule has 0 bridgehead atoms. The summed E-state index contributed by atoms with van der Waals surface area (Å²) in [5.41, 5.74) is 0. The van der Waals surface area contributed by atoms with Gasteiger partial charge in [-0.2, -0.15) is 0 Å². The van der Waals surface area contributed by atoms with E-state index in [9.17, 15) is 0 Å². The first-order valence-corrected chi connectivity index (χ1v) is 9.50. The third-order valence-electron chi connectivity index (χ3n) is 4.61. The molecule has 140 valence electrons. The predicted molar refractivity (Wildman–Crippen MR) is 106 cm³/mol. The van der Waals surface area contributed by atoms with Crippen molar-refractivity contribution in [2.24, 2.45) is 10.9 Å². The minimum Gasteiger partial charge on any atom is -0.489 e. The summed E-state index contributed by atoms with van der Waals surface area (Å²) in [4.78, 5) is 6.70. The average molecular weight is 367 g/mol. The second kappa shape index (κ2) is 10.5. The van der Waals surface area contributed by atoms with Crippen LogP contribution < -0.4 is 15.4 Å². The van der Waals surface area contributed by atoms with Crippen molar-refractivity contribution in [3.63, 3.8) is 0 Å². The molecule has 2 N–H and O–H groups in total. The molecular formula is C19H31ClN4O. The maximum Gasteiger partial charge on any atom is 0.191 e. The van der Waals surface area contributed by atoms with Crippen LogP contribution in [0.3, 0.4) is 0 Å². The van der Waals surface area contributed by atoms with Crippen LogP contribution in [0.4, 0.5) is 0 Å². The lowest BCUT2D eigenvalue weighted by Gasteiger charge is -2.29. The Labute approximate surface area is 156 Å². The lowest BCUT2D eigenvalue weighted by atomic mass is 9.94. The van der Waals surface area contributed by atoms with Gasteiger partial charge in [0.2, 0.25) is 0 Å². The topological polar surface area (TPSA) is 48.9 Å². The van der Waals surface area contributed by atoms with Gasteiger partial charge in [-0.15, -0.1) is 0 Å². The first-order valence-electron chi connectivity index (χ1n) is 9.12. The molecule has 1 atom stereocenters. The Morgan fingerprint density at radius 2 is 1.96 bits per heavy atom. The summed E-state index contributed by atoms with van der Waals surface area (Å²) in [5, 5.41) is 7.45.